The summed E-state index contributed by atoms with van der Waals surface area (Å²) in [5, 5.41) is 19.8. The first-order chi connectivity index (χ1) is 20.5. The number of ether oxygens (including phenoxy) is 1. The van der Waals surface area contributed by atoms with Crippen molar-refractivity contribution in [2.75, 3.05) is 54.1 Å². The van der Waals surface area contributed by atoms with E-state index in [9.17, 15) is 14.3 Å². The Balaban J connectivity index is 1.45. The molecule has 1 amide bonds. The molecule has 228 valence electrons. The van der Waals surface area contributed by atoms with Crippen molar-refractivity contribution in [3.63, 3.8) is 0 Å². The van der Waals surface area contributed by atoms with Crippen molar-refractivity contribution < 1.29 is 19.0 Å². The lowest BCUT2D eigenvalue weighted by Gasteiger charge is -2.37. The lowest BCUT2D eigenvalue weighted by atomic mass is 9.96. The van der Waals surface area contributed by atoms with Gasteiger partial charge in [-0.2, -0.15) is 4.98 Å². The van der Waals surface area contributed by atoms with Crippen molar-refractivity contribution in [2.24, 2.45) is 0 Å². The second-order valence-corrected chi connectivity index (χ2v) is 11.7. The summed E-state index contributed by atoms with van der Waals surface area (Å²) in [6.45, 7) is 10.8. The smallest absolute Gasteiger partial charge is 0.247 e. The molecule has 0 radical (unpaired) electrons. The second-order valence-electron chi connectivity index (χ2n) is 11.3. The number of hydrogen-bond acceptors (Lipinski definition) is 9. The number of amides is 1. The zero-order chi connectivity index (χ0) is 30.7. The molecule has 2 aliphatic rings. The average molecular weight is 610 g/mol. The van der Waals surface area contributed by atoms with Gasteiger partial charge in [0.25, 0.3) is 0 Å². The van der Waals surface area contributed by atoms with E-state index in [1.165, 1.54) is 24.6 Å². The number of halogens is 2. The van der Waals surface area contributed by atoms with E-state index in [1.54, 1.807) is 33.2 Å². The Bertz CT molecular complexity index is 1510. The average Bonchev–Trinajstić information content (AvgIpc) is 3.40. The number of aliphatic hydroxyl groups is 1. The highest BCUT2D eigenvalue weighted by molar-refractivity contribution is 6.31. The summed E-state index contributed by atoms with van der Waals surface area (Å²) in [4.78, 5) is 26.2. The van der Waals surface area contributed by atoms with Gasteiger partial charge in [0.1, 0.15) is 17.4 Å². The Hall–Kier alpha value is -3.93. The highest BCUT2D eigenvalue weighted by Gasteiger charge is 2.31. The maximum atomic E-state index is 14.2. The minimum absolute atomic E-state index is 0.0908. The fourth-order valence-electron chi connectivity index (χ4n) is 5.47. The molecule has 10 nitrogen and oxygen atoms in total. The van der Waals surface area contributed by atoms with Gasteiger partial charge in [0.2, 0.25) is 11.9 Å². The fourth-order valence-corrected chi connectivity index (χ4v) is 5.63. The number of rotatable bonds is 11. The third-order valence-electron chi connectivity index (χ3n) is 7.75. The topological polar surface area (TPSA) is 115 Å². The Kier molecular flexibility index (Phi) is 9.05. The predicted octanol–water partition coefficient (Wildman–Crippen LogP) is 5.79. The van der Waals surface area contributed by atoms with Gasteiger partial charge >= 0.3 is 0 Å². The number of carbonyl (C=O) groups excluding carboxylic acids is 1. The summed E-state index contributed by atoms with van der Waals surface area (Å²) < 4.78 is 20.0. The van der Waals surface area contributed by atoms with Gasteiger partial charge in [0.05, 0.1) is 34.8 Å². The molecule has 0 aliphatic carbocycles. The molecule has 2 saturated heterocycles. The maximum absolute atomic E-state index is 14.2. The van der Waals surface area contributed by atoms with Gasteiger partial charge < -0.3 is 35.6 Å². The molecule has 43 heavy (non-hydrogen) atoms. The largest absolute Gasteiger partial charge is 0.494 e. The minimum Gasteiger partial charge on any atom is -0.494 e. The second kappa shape index (κ2) is 12.7. The van der Waals surface area contributed by atoms with Gasteiger partial charge in [-0.25, -0.2) is 9.37 Å². The third-order valence-corrected chi connectivity index (χ3v) is 8.04. The Morgan fingerprint density at radius 2 is 1.98 bits per heavy atom. The molecule has 1 unspecified atom stereocenters. The van der Waals surface area contributed by atoms with Gasteiger partial charge in [-0.3, -0.25) is 4.79 Å². The summed E-state index contributed by atoms with van der Waals surface area (Å²) in [5.74, 6) is 0.223. The Morgan fingerprint density at radius 1 is 1.19 bits per heavy atom. The number of aromatic nitrogens is 2. The van der Waals surface area contributed by atoms with Crippen molar-refractivity contribution in [3.8, 4) is 5.75 Å². The molecule has 2 aliphatic heterocycles. The number of anilines is 6. The SMILES string of the molecule is C=CC(=O)Nc1cc(Nc2nccc(Nc3cc(Cl)c(F)cc3C(C)(C)O)n2)c(OC)cc1N1CCCC1CN1CCC1. The molecular weight excluding hydrogens is 573 g/mol. The summed E-state index contributed by atoms with van der Waals surface area (Å²) in [5.41, 5.74) is 1.42. The van der Waals surface area contributed by atoms with Crippen LogP contribution in [0.3, 0.4) is 0 Å². The normalized spacial score (nSPS) is 16.9. The lowest BCUT2D eigenvalue weighted by molar-refractivity contribution is -0.111. The standard InChI is InChI=1S/C31H37ClFN7O3/c1-5-29(41)36-24-16-25(27(43-4)17-26(24)40-13-6-8-19(40)18-39-11-7-12-39)37-30-34-10-9-28(38-30)35-23-15-21(32)22(33)14-20(23)31(2,3)42/h5,9-10,14-17,19,42H,1,6-8,11-13,18H2,2-4H3,(H,36,41)(H2,34,35,37,38). The highest BCUT2D eigenvalue weighted by atomic mass is 35.5. The van der Waals surface area contributed by atoms with E-state index in [1.807, 2.05) is 12.1 Å². The highest BCUT2D eigenvalue weighted by Crippen LogP contribution is 2.41. The summed E-state index contributed by atoms with van der Waals surface area (Å²) in [6, 6.07) is 8.31. The van der Waals surface area contributed by atoms with Crippen LogP contribution < -0.4 is 25.6 Å². The lowest BCUT2D eigenvalue weighted by Crippen LogP contribution is -2.46. The van der Waals surface area contributed by atoms with E-state index < -0.39 is 11.4 Å². The van der Waals surface area contributed by atoms with Gasteiger partial charge in [-0.1, -0.05) is 18.2 Å². The molecular formula is C31H37ClFN7O3. The molecule has 0 spiro atoms. The molecule has 2 fully saturated rings. The third kappa shape index (κ3) is 7.01. The van der Waals surface area contributed by atoms with E-state index in [0.29, 0.717) is 40.2 Å². The number of benzene rings is 2. The van der Waals surface area contributed by atoms with Gasteiger partial charge in [-0.15, -0.1) is 0 Å². The monoisotopic (exact) mass is 609 g/mol. The van der Waals surface area contributed by atoms with Crippen molar-refractivity contribution in [2.45, 2.75) is 44.8 Å². The van der Waals surface area contributed by atoms with Crippen LogP contribution in [0.25, 0.3) is 0 Å². The zero-order valence-electron chi connectivity index (χ0n) is 24.6. The van der Waals surface area contributed by atoms with Gasteiger partial charge in [-0.05, 0) is 76.5 Å². The van der Waals surface area contributed by atoms with E-state index >= 15 is 0 Å². The van der Waals surface area contributed by atoms with Crippen LogP contribution in [-0.2, 0) is 10.4 Å². The van der Waals surface area contributed by atoms with Crippen LogP contribution in [0.5, 0.6) is 5.75 Å². The van der Waals surface area contributed by atoms with Crippen molar-refractivity contribution in [3.05, 3.63) is 65.6 Å². The predicted molar refractivity (Wildman–Crippen MR) is 168 cm³/mol. The minimum atomic E-state index is -1.34. The Morgan fingerprint density at radius 3 is 2.65 bits per heavy atom. The van der Waals surface area contributed by atoms with Crippen LogP contribution in [0.1, 0.15) is 38.7 Å². The first-order valence-corrected chi connectivity index (χ1v) is 14.7. The number of likely N-dealkylation sites (tertiary alicyclic amines) is 1. The molecule has 0 saturated carbocycles. The number of carbonyl (C=O) groups is 1. The van der Waals surface area contributed by atoms with Crippen LogP contribution in [-0.4, -0.2) is 65.2 Å². The molecule has 4 N–H and O–H groups in total. The first kappa shape index (κ1) is 30.5. The van der Waals surface area contributed by atoms with Crippen molar-refractivity contribution in [1.82, 2.24) is 14.9 Å². The van der Waals surface area contributed by atoms with Crippen LogP contribution in [0.15, 0.2) is 49.2 Å². The van der Waals surface area contributed by atoms with Crippen LogP contribution in [0.2, 0.25) is 5.02 Å². The summed E-state index contributed by atoms with van der Waals surface area (Å²) in [7, 11) is 1.59. The molecule has 0 bridgehead atoms. The van der Waals surface area contributed by atoms with Gasteiger partial charge in [0.15, 0.2) is 0 Å². The van der Waals surface area contributed by atoms with E-state index in [4.69, 9.17) is 16.3 Å². The number of hydrogen-bond donors (Lipinski definition) is 4. The van der Waals surface area contributed by atoms with Crippen LogP contribution in [0, 0.1) is 5.82 Å². The number of nitrogens with one attached hydrogen (secondary N) is 3. The first-order valence-electron chi connectivity index (χ1n) is 14.3. The zero-order valence-corrected chi connectivity index (χ0v) is 25.3. The number of nitrogens with zero attached hydrogens (tertiary/aromatic N) is 4. The summed E-state index contributed by atoms with van der Waals surface area (Å²) in [6.07, 6.45) is 6.18. The van der Waals surface area contributed by atoms with Crippen LogP contribution >= 0.6 is 11.6 Å². The molecule has 5 rings (SSSR count). The fraction of sp³-hybridized carbons (Fsp3) is 0.387. The molecule has 3 heterocycles. The molecule has 12 heteroatoms. The Labute approximate surface area is 255 Å². The van der Waals surface area contributed by atoms with E-state index in [-0.39, 0.29) is 16.9 Å². The van der Waals surface area contributed by atoms with E-state index in [0.717, 1.165) is 44.7 Å². The molecule has 1 atom stereocenters. The summed E-state index contributed by atoms with van der Waals surface area (Å²) >= 11 is 6.04. The van der Waals surface area contributed by atoms with Gasteiger partial charge in [0, 0.05) is 42.6 Å². The quantitative estimate of drug-likeness (QED) is 0.201. The number of methoxy groups -OCH3 is 1. The maximum Gasteiger partial charge on any atom is 0.247 e. The van der Waals surface area contributed by atoms with Crippen LogP contribution in [0.4, 0.5) is 38.9 Å². The van der Waals surface area contributed by atoms with Crippen molar-refractivity contribution in [1.29, 1.82) is 0 Å². The van der Waals surface area contributed by atoms with E-state index in [2.05, 4.69) is 42.3 Å². The molecule has 2 aromatic carbocycles. The molecule has 3 aromatic rings. The molecule has 1 aromatic heterocycles. The van der Waals surface area contributed by atoms with Crippen molar-refractivity contribution >= 4 is 52.0 Å².